The van der Waals surface area contributed by atoms with Crippen LogP contribution >= 0.6 is 15.2 Å². The molecule has 0 radical (unpaired) electrons. The van der Waals surface area contributed by atoms with Crippen LogP contribution in [-0.2, 0) is 12.8 Å². The number of rotatable bonds is 2. The Morgan fingerprint density at radius 3 is 1.86 bits per heavy atom. The summed E-state index contributed by atoms with van der Waals surface area (Å²) < 4.78 is 0. The average molecular weight is 671 g/mol. The van der Waals surface area contributed by atoms with Crippen molar-refractivity contribution in [2.24, 2.45) is 0 Å². The van der Waals surface area contributed by atoms with Crippen LogP contribution in [0.2, 0.25) is 0 Å². The summed E-state index contributed by atoms with van der Waals surface area (Å²) in [4.78, 5) is 5.04. The van der Waals surface area contributed by atoms with E-state index in [1.54, 1.807) is 0 Å². The van der Waals surface area contributed by atoms with Crippen molar-refractivity contribution < 1.29 is 0 Å². The van der Waals surface area contributed by atoms with Crippen molar-refractivity contribution in [2.45, 2.75) is 12.8 Å². The van der Waals surface area contributed by atoms with Crippen LogP contribution in [-0.4, -0.2) is 20.8 Å². The molecule has 1 heterocycles. The van der Waals surface area contributed by atoms with E-state index in [0.29, 0.717) is 0 Å². The Hall–Kier alpha value is -4.74. The normalized spacial score (nSPS) is 17.5. The van der Waals surface area contributed by atoms with Crippen LogP contribution in [0.1, 0.15) is 22.3 Å². The number of fused-ring (bicyclic) bond motifs is 6. The molecule has 0 aromatic heterocycles. The maximum atomic E-state index is 2.58. The molecular formula is C45H40N2P2. The third kappa shape index (κ3) is 4.85. The third-order valence-corrected chi connectivity index (χ3v) is 17.9. The van der Waals surface area contributed by atoms with Gasteiger partial charge in [-0.15, -0.1) is 0 Å². The minimum atomic E-state index is -2.63. The van der Waals surface area contributed by atoms with Gasteiger partial charge in [-0.25, -0.2) is 0 Å². The predicted octanol–water partition coefficient (Wildman–Crippen LogP) is 8.09. The molecule has 0 saturated heterocycles. The van der Waals surface area contributed by atoms with Crippen LogP contribution in [0.15, 0.2) is 146 Å². The molecule has 0 amide bonds. The van der Waals surface area contributed by atoms with Gasteiger partial charge >= 0.3 is 293 Å². The number of benzene rings is 6. The fraction of sp³-hybridized carbons (Fsp3) is 0.111. The second kappa shape index (κ2) is 12.0. The van der Waals surface area contributed by atoms with Crippen molar-refractivity contribution in [2.75, 3.05) is 30.6 Å². The molecule has 0 fully saturated rings. The molecule has 2 aliphatic carbocycles. The molecule has 6 aromatic carbocycles. The summed E-state index contributed by atoms with van der Waals surface area (Å²) >= 11 is 0. The Labute approximate surface area is 292 Å². The first-order valence-corrected chi connectivity index (χ1v) is 21.1. The number of allylic oxidation sites excluding steroid dienone is 2. The van der Waals surface area contributed by atoms with Gasteiger partial charge in [0.1, 0.15) is 0 Å². The molecule has 2 nitrogen and oxygen atoms in total. The van der Waals surface area contributed by atoms with Crippen LogP contribution in [0.3, 0.4) is 0 Å². The third-order valence-electron chi connectivity index (χ3n) is 10.9. The summed E-state index contributed by atoms with van der Waals surface area (Å²) in [6, 6.07) is 51.0. The van der Waals surface area contributed by atoms with Crippen LogP contribution in [0.4, 0.5) is 22.7 Å². The van der Waals surface area contributed by atoms with E-state index in [0.717, 1.165) is 12.8 Å². The molecule has 0 spiro atoms. The van der Waals surface area contributed by atoms with Crippen LogP contribution in [0.25, 0.3) is 12.2 Å². The van der Waals surface area contributed by atoms with Gasteiger partial charge in [-0.2, -0.15) is 0 Å². The summed E-state index contributed by atoms with van der Waals surface area (Å²) in [5.41, 5.74) is 10.7. The topological polar surface area (TPSA) is 6.48 Å². The molecule has 3 aliphatic rings. The van der Waals surface area contributed by atoms with Crippen molar-refractivity contribution in [3.8, 4) is 0 Å². The van der Waals surface area contributed by atoms with Crippen molar-refractivity contribution in [3.63, 3.8) is 0 Å². The van der Waals surface area contributed by atoms with Gasteiger partial charge in [0.05, 0.1) is 0 Å². The zero-order chi connectivity index (χ0) is 33.1. The van der Waals surface area contributed by atoms with E-state index >= 15 is 0 Å². The summed E-state index contributed by atoms with van der Waals surface area (Å²) in [5.74, 6) is 0. The summed E-state index contributed by atoms with van der Waals surface area (Å²) in [7, 11) is 1.07. The van der Waals surface area contributed by atoms with E-state index < -0.39 is 15.2 Å². The summed E-state index contributed by atoms with van der Waals surface area (Å²) in [6.07, 6.45) is 11.3. The molecule has 6 aromatic rings. The minimum absolute atomic E-state index is 0.915. The van der Waals surface area contributed by atoms with Gasteiger partial charge in [-0.3, -0.25) is 0 Å². The number of para-hydroxylation sites is 2. The average Bonchev–Trinajstić information content (AvgIpc) is 3.83. The fourth-order valence-corrected chi connectivity index (χ4v) is 15.2. The maximum absolute atomic E-state index is 2.63. The molecule has 1 unspecified atom stereocenters. The van der Waals surface area contributed by atoms with E-state index in [1.165, 1.54) is 76.8 Å². The zero-order valence-electron chi connectivity index (χ0n) is 28.3. The van der Waals surface area contributed by atoms with Gasteiger partial charge in [0.25, 0.3) is 0 Å². The molecule has 240 valence electrons. The molecule has 0 N–H and O–H groups in total. The molecule has 49 heavy (non-hydrogen) atoms. The molecule has 0 bridgehead atoms. The Bertz CT molecular complexity index is 2290. The zero-order valence-corrected chi connectivity index (χ0v) is 30.2. The molecule has 1 aliphatic heterocycles. The Kier molecular flexibility index (Phi) is 7.42. The van der Waals surface area contributed by atoms with Crippen molar-refractivity contribution in [1.29, 1.82) is 0 Å². The van der Waals surface area contributed by atoms with Gasteiger partial charge in [-0.05, 0) is 0 Å². The summed E-state index contributed by atoms with van der Waals surface area (Å²) in [6.45, 7) is 2.58. The molecule has 4 heteroatoms. The predicted molar refractivity (Wildman–Crippen MR) is 219 cm³/mol. The first kappa shape index (κ1) is 30.3. The van der Waals surface area contributed by atoms with E-state index in [-0.39, 0.29) is 0 Å². The SMILES string of the molecule is CN1c2ccccc2P(c2ccccc2)c2cc3c(cc2N(C)c2cc4c(cc2[PH](C)(c2ccccc2)c2ccccc21)C=CC4)C=CC3. The van der Waals surface area contributed by atoms with Gasteiger partial charge in [-0.1, -0.05) is 0 Å². The van der Waals surface area contributed by atoms with Crippen LogP contribution in [0.5, 0.6) is 0 Å². The van der Waals surface area contributed by atoms with E-state index in [1.807, 2.05) is 0 Å². The summed E-state index contributed by atoms with van der Waals surface area (Å²) in [5, 5.41) is 8.45. The first-order valence-electron chi connectivity index (χ1n) is 17.3. The fourth-order valence-electron chi connectivity index (χ4n) is 8.30. The molecule has 0 saturated carbocycles. The first-order chi connectivity index (χ1) is 24.0. The molecule has 1 atom stereocenters. The van der Waals surface area contributed by atoms with Crippen molar-refractivity contribution in [1.82, 2.24) is 0 Å². The monoisotopic (exact) mass is 670 g/mol. The van der Waals surface area contributed by atoms with Gasteiger partial charge < -0.3 is 0 Å². The number of hydrogen-bond acceptors (Lipinski definition) is 2. The molecule has 9 rings (SSSR count). The number of nitrogens with zero attached hydrogens (tertiary/aromatic N) is 2. The second-order valence-corrected chi connectivity index (χ2v) is 19.7. The van der Waals surface area contributed by atoms with E-state index in [2.05, 4.69) is 188 Å². The Morgan fingerprint density at radius 1 is 0.510 bits per heavy atom. The van der Waals surface area contributed by atoms with Gasteiger partial charge in [0, 0.05) is 0 Å². The second-order valence-electron chi connectivity index (χ2n) is 13.6. The van der Waals surface area contributed by atoms with Crippen molar-refractivity contribution >= 4 is 81.9 Å². The van der Waals surface area contributed by atoms with Gasteiger partial charge in [0.15, 0.2) is 0 Å². The van der Waals surface area contributed by atoms with Crippen LogP contribution in [0, 0.1) is 0 Å². The van der Waals surface area contributed by atoms with Crippen molar-refractivity contribution in [3.05, 3.63) is 168 Å². The standard InChI is InChI=1S/C45H40N2P2/c1-46-38-24-10-12-26-42(38)48(36-20-6-4-7-21-36)43-30-34-18-14-16-32(34)28-40(43)47(2)41-29-33-17-15-19-35(33)31-45(41)49(3,37-22-8-5-9-23-37)44-27-13-11-25-39(44)46/h4-16,19-31,49H,17-18H2,1-3H3. The number of hydrogen-bond donors (Lipinski definition) is 0. The quantitative estimate of drug-likeness (QED) is 0.172. The molecular weight excluding hydrogens is 630 g/mol. The Morgan fingerprint density at radius 2 is 1.10 bits per heavy atom. The Balaban J connectivity index is 1.45. The van der Waals surface area contributed by atoms with Gasteiger partial charge in [0.2, 0.25) is 0 Å². The number of anilines is 4. The van der Waals surface area contributed by atoms with E-state index in [9.17, 15) is 0 Å². The van der Waals surface area contributed by atoms with E-state index in [4.69, 9.17) is 0 Å². The van der Waals surface area contributed by atoms with Crippen LogP contribution < -0.4 is 41.6 Å².